The van der Waals surface area contributed by atoms with Gasteiger partial charge >= 0.3 is 0 Å². The van der Waals surface area contributed by atoms with Gasteiger partial charge in [-0.1, -0.05) is 37.6 Å². The van der Waals surface area contributed by atoms with Crippen molar-refractivity contribution in [3.05, 3.63) is 85.2 Å². The molecule has 10 rings (SSSR count). The maximum absolute atomic E-state index is 13.4. The highest BCUT2D eigenvalue weighted by Gasteiger charge is 2.47. The Hall–Kier alpha value is -3.76. The molecule has 0 radical (unpaired) electrons. The van der Waals surface area contributed by atoms with E-state index < -0.39 is 5.60 Å². The molecule has 4 aromatic heterocycles. The Morgan fingerprint density at radius 2 is 1.16 bits per heavy atom. The molecule has 9 heteroatoms. The summed E-state index contributed by atoms with van der Waals surface area (Å²) in [5.74, 6) is 0.733. The van der Waals surface area contributed by atoms with Gasteiger partial charge in [-0.3, -0.25) is 19.2 Å². The summed E-state index contributed by atoms with van der Waals surface area (Å²) in [7, 11) is 0. The molecule has 0 N–H and O–H groups in total. The molecule has 1 aliphatic heterocycles. The van der Waals surface area contributed by atoms with Gasteiger partial charge in [0.2, 0.25) is 0 Å². The Kier molecular flexibility index (Phi) is 6.68. The molecule has 0 bridgehead atoms. The number of thiophene rings is 4. The highest BCUT2D eigenvalue weighted by Crippen LogP contribution is 2.62. The summed E-state index contributed by atoms with van der Waals surface area (Å²) in [5.41, 5.74) is 3.64. The van der Waals surface area contributed by atoms with Crippen LogP contribution < -0.4 is 4.74 Å². The van der Waals surface area contributed by atoms with Gasteiger partial charge in [-0.25, -0.2) is 0 Å². The molecular weight excluding hydrogens is 689 g/mol. The van der Waals surface area contributed by atoms with Crippen molar-refractivity contribution >= 4 is 99.4 Å². The van der Waals surface area contributed by atoms with Crippen molar-refractivity contribution in [3.8, 4) is 15.5 Å². The third-order valence-electron chi connectivity index (χ3n) is 10.8. The Balaban J connectivity index is 1.05. The quantitative estimate of drug-likeness (QED) is 0.152. The zero-order valence-corrected chi connectivity index (χ0v) is 30.0. The molecule has 0 aromatic carbocycles. The van der Waals surface area contributed by atoms with E-state index in [0.717, 1.165) is 85.8 Å². The fraction of sp³-hybridized carbons (Fsp3) is 0.300. The van der Waals surface area contributed by atoms with Crippen molar-refractivity contribution in [2.75, 3.05) is 0 Å². The SMILES string of the molecule is CC1CC=C2C(=O)C(=Cc3cc4sc5c(c4s3)OC3(CCCCC3)c3c-5sc4cc(C=C5C(=O)C6=CCCC=C6C5=O)sc34)C(=O)C2=CC1. The number of ketones is 4. The maximum atomic E-state index is 13.4. The molecule has 3 saturated carbocycles. The third-order valence-corrected chi connectivity index (χ3v) is 15.6. The minimum atomic E-state index is -0.435. The van der Waals surface area contributed by atoms with Crippen LogP contribution in [0, 0.1) is 5.92 Å². The van der Waals surface area contributed by atoms with E-state index >= 15 is 0 Å². The first-order chi connectivity index (χ1) is 23.8. The highest BCUT2D eigenvalue weighted by molar-refractivity contribution is 7.35. The van der Waals surface area contributed by atoms with Crippen LogP contribution in [0.25, 0.3) is 40.7 Å². The van der Waals surface area contributed by atoms with Crippen LogP contribution >= 0.6 is 45.3 Å². The molecule has 1 spiro atoms. The summed E-state index contributed by atoms with van der Waals surface area (Å²) in [6.07, 6.45) is 19.7. The number of rotatable bonds is 2. The number of carbonyl (C=O) groups excluding carboxylic acids is 4. The van der Waals surface area contributed by atoms with Gasteiger partial charge in [0.1, 0.15) is 5.60 Å². The van der Waals surface area contributed by atoms with Crippen molar-refractivity contribution in [1.29, 1.82) is 0 Å². The predicted molar refractivity (Wildman–Crippen MR) is 200 cm³/mol. The van der Waals surface area contributed by atoms with Crippen LogP contribution in [0.3, 0.4) is 0 Å². The number of allylic oxidation sites excluding steroid dienone is 10. The zero-order chi connectivity index (χ0) is 33.2. The fourth-order valence-corrected chi connectivity index (χ4v) is 13.6. The van der Waals surface area contributed by atoms with Crippen LogP contribution in [0.2, 0.25) is 0 Å². The van der Waals surface area contributed by atoms with E-state index in [1.165, 1.54) is 21.6 Å². The van der Waals surface area contributed by atoms with Crippen LogP contribution in [0.5, 0.6) is 5.75 Å². The van der Waals surface area contributed by atoms with Crippen LogP contribution in [-0.2, 0) is 24.8 Å². The Bertz CT molecular complexity index is 2360. The fourth-order valence-electron chi connectivity index (χ4n) is 8.29. The van der Waals surface area contributed by atoms with Gasteiger partial charge in [-0.15, -0.1) is 45.3 Å². The first kappa shape index (κ1) is 30.1. The number of fused-ring (bicyclic) bond motifs is 10. The van der Waals surface area contributed by atoms with E-state index in [2.05, 4.69) is 19.1 Å². The second-order valence-corrected chi connectivity index (χ2v) is 18.2. The van der Waals surface area contributed by atoms with Gasteiger partial charge in [-0.2, -0.15) is 0 Å². The van der Waals surface area contributed by atoms with E-state index in [0.29, 0.717) is 28.2 Å². The predicted octanol–water partition coefficient (Wildman–Crippen LogP) is 10.5. The number of ether oxygens (including phenoxy) is 1. The molecule has 0 amide bonds. The lowest BCUT2D eigenvalue weighted by Gasteiger charge is -2.40. The average Bonchev–Trinajstić information content (AvgIpc) is 3.90. The molecule has 0 atom stereocenters. The Labute approximate surface area is 298 Å². The molecular formula is C40H30O5S4. The lowest BCUT2D eigenvalue weighted by molar-refractivity contribution is -0.116. The average molecular weight is 719 g/mol. The lowest BCUT2D eigenvalue weighted by Crippen LogP contribution is -2.37. The van der Waals surface area contributed by atoms with Crippen LogP contribution in [0.1, 0.15) is 80.0 Å². The van der Waals surface area contributed by atoms with Crippen molar-refractivity contribution in [1.82, 2.24) is 0 Å². The normalized spacial score (nSPS) is 21.7. The molecule has 6 aliphatic rings. The van der Waals surface area contributed by atoms with Gasteiger partial charge in [0, 0.05) is 42.3 Å². The second kappa shape index (κ2) is 10.9. The van der Waals surface area contributed by atoms with Crippen molar-refractivity contribution < 1.29 is 23.9 Å². The molecule has 49 heavy (non-hydrogen) atoms. The molecule has 3 fully saturated rings. The first-order valence-electron chi connectivity index (χ1n) is 17.1. The number of hydrogen-bond donors (Lipinski definition) is 0. The minimum Gasteiger partial charge on any atom is -0.479 e. The summed E-state index contributed by atoms with van der Waals surface area (Å²) in [4.78, 5) is 57.3. The molecule has 5 heterocycles. The molecule has 4 aromatic rings. The summed E-state index contributed by atoms with van der Waals surface area (Å²) < 4.78 is 11.7. The van der Waals surface area contributed by atoms with Gasteiger partial charge in [-0.05, 0) is 81.6 Å². The third kappa shape index (κ3) is 4.38. The lowest BCUT2D eigenvalue weighted by atomic mass is 9.78. The smallest absolute Gasteiger partial charge is 0.197 e. The minimum absolute atomic E-state index is 0.153. The second-order valence-electron chi connectivity index (χ2n) is 14.0. The van der Waals surface area contributed by atoms with E-state index in [-0.39, 0.29) is 34.3 Å². The van der Waals surface area contributed by atoms with Gasteiger partial charge in [0.15, 0.2) is 28.9 Å². The van der Waals surface area contributed by atoms with Gasteiger partial charge in [0.05, 0.1) is 35.0 Å². The van der Waals surface area contributed by atoms with Crippen LogP contribution in [-0.4, -0.2) is 23.1 Å². The molecule has 5 aliphatic carbocycles. The van der Waals surface area contributed by atoms with E-state index in [1.54, 1.807) is 57.5 Å². The number of hydrogen-bond acceptors (Lipinski definition) is 9. The molecule has 0 saturated heterocycles. The van der Waals surface area contributed by atoms with Gasteiger partial charge < -0.3 is 4.74 Å². The Morgan fingerprint density at radius 1 is 0.653 bits per heavy atom. The largest absolute Gasteiger partial charge is 0.479 e. The number of Topliss-reactive ketones (excluding diaryl/α,β-unsaturated/α-hetero) is 4. The monoisotopic (exact) mass is 718 g/mol. The summed E-state index contributed by atoms with van der Waals surface area (Å²) in [6.45, 7) is 2.14. The summed E-state index contributed by atoms with van der Waals surface area (Å²) in [6, 6.07) is 4.24. The highest BCUT2D eigenvalue weighted by atomic mass is 32.1. The van der Waals surface area contributed by atoms with Crippen LogP contribution in [0.4, 0.5) is 0 Å². The number of carbonyl (C=O) groups is 4. The standard InChI is InChI=1S/C40H30O5S4/c1-19-9-11-24-25(12-10-19)34(44)27(33(24)43)16-21-18-29-37(47-21)35-39(49-29)38-30(40(45-35)13-5-2-6-14-40)36-28(48-38)17-20(46-36)15-26-31(41)22-7-3-4-8-23(22)32(26)42/h7-8,11-12,15-19H,2-6,9-10,13-14H2,1H3. The van der Waals surface area contributed by atoms with E-state index in [4.69, 9.17) is 4.74 Å². The van der Waals surface area contributed by atoms with E-state index in [9.17, 15) is 19.2 Å². The summed E-state index contributed by atoms with van der Waals surface area (Å²) >= 11 is 6.76. The summed E-state index contributed by atoms with van der Waals surface area (Å²) in [5, 5.41) is 0. The molecule has 0 unspecified atom stereocenters. The molecule has 244 valence electrons. The zero-order valence-electron chi connectivity index (χ0n) is 26.7. The molecule has 5 nitrogen and oxygen atoms in total. The Morgan fingerprint density at radius 3 is 1.76 bits per heavy atom. The van der Waals surface area contributed by atoms with Crippen molar-refractivity contribution in [3.63, 3.8) is 0 Å². The van der Waals surface area contributed by atoms with Gasteiger partial charge in [0.25, 0.3) is 0 Å². The van der Waals surface area contributed by atoms with Crippen molar-refractivity contribution in [2.45, 2.75) is 70.3 Å². The first-order valence-corrected chi connectivity index (χ1v) is 20.3. The topological polar surface area (TPSA) is 77.5 Å². The van der Waals surface area contributed by atoms with Crippen molar-refractivity contribution in [2.24, 2.45) is 5.92 Å². The van der Waals surface area contributed by atoms with Crippen LogP contribution in [0.15, 0.2) is 69.9 Å². The van der Waals surface area contributed by atoms with E-state index in [1.807, 2.05) is 24.3 Å². The maximum Gasteiger partial charge on any atom is 0.197 e.